The highest BCUT2D eigenvalue weighted by Crippen LogP contribution is 2.34. The van der Waals surface area contributed by atoms with Crippen molar-refractivity contribution >= 4 is 6.09 Å². The number of nitrogens with one attached hydrogen (secondary N) is 1. The smallest absolute Gasteiger partial charge is 0.410 e. The van der Waals surface area contributed by atoms with Gasteiger partial charge < -0.3 is 19.7 Å². The molecule has 0 bridgehead atoms. The maximum Gasteiger partial charge on any atom is 0.410 e. The summed E-state index contributed by atoms with van der Waals surface area (Å²) in [5.74, 6) is -2.91. The summed E-state index contributed by atoms with van der Waals surface area (Å²) in [6.45, 7) is 9.55. The number of carbonyl (C=O) groups excluding carboxylic acids is 1. The van der Waals surface area contributed by atoms with E-state index in [1.165, 1.54) is 4.90 Å². The fraction of sp³-hybridized carbons (Fsp3) is 0.944. The number of carbonyl (C=O) groups is 1. The Morgan fingerprint density at radius 1 is 1.24 bits per heavy atom. The Labute approximate surface area is 149 Å². The van der Waals surface area contributed by atoms with Gasteiger partial charge in [0.1, 0.15) is 11.7 Å². The van der Waals surface area contributed by atoms with Crippen molar-refractivity contribution in [3.8, 4) is 0 Å². The number of halogens is 2. The van der Waals surface area contributed by atoms with Crippen molar-refractivity contribution in [2.45, 2.75) is 71.0 Å². The number of piperidine rings is 2. The minimum absolute atomic E-state index is 0.00877. The van der Waals surface area contributed by atoms with Crippen molar-refractivity contribution in [2.75, 3.05) is 32.8 Å². The van der Waals surface area contributed by atoms with Gasteiger partial charge in [-0.3, -0.25) is 0 Å². The lowest BCUT2D eigenvalue weighted by molar-refractivity contribution is -0.171. The summed E-state index contributed by atoms with van der Waals surface area (Å²) in [6, 6.07) is 0. The van der Waals surface area contributed by atoms with Crippen molar-refractivity contribution < 1.29 is 23.0 Å². The number of hydrogen-bond donors (Lipinski definition) is 1. The standard InChI is InChI=1S/C18H32F2N2O3/c1-16(2,3)25-15(23)22-11-7-18(19,20)14(13-22)24-12-8-17(4)5-9-21-10-6-17/h14,21H,5-13H2,1-4H3. The highest BCUT2D eigenvalue weighted by atomic mass is 19.3. The minimum atomic E-state index is -2.91. The molecule has 25 heavy (non-hydrogen) atoms. The predicted molar refractivity (Wildman–Crippen MR) is 91.9 cm³/mol. The Balaban J connectivity index is 1.87. The molecule has 1 unspecified atom stereocenters. The van der Waals surface area contributed by atoms with Gasteiger partial charge in [0.15, 0.2) is 0 Å². The highest BCUT2D eigenvalue weighted by molar-refractivity contribution is 5.68. The molecule has 1 N–H and O–H groups in total. The van der Waals surface area contributed by atoms with E-state index in [9.17, 15) is 13.6 Å². The summed E-state index contributed by atoms with van der Waals surface area (Å²) in [4.78, 5) is 13.5. The number of ether oxygens (including phenoxy) is 2. The third kappa shape index (κ3) is 6.06. The van der Waals surface area contributed by atoms with E-state index in [-0.39, 0.29) is 18.5 Å². The molecular weight excluding hydrogens is 330 g/mol. The summed E-state index contributed by atoms with van der Waals surface area (Å²) in [5.41, 5.74) is -0.503. The molecule has 0 aliphatic carbocycles. The first kappa shape index (κ1) is 20.4. The Hall–Kier alpha value is -0.950. The third-order valence-corrected chi connectivity index (χ3v) is 5.06. The number of likely N-dealkylation sites (tertiary alicyclic amines) is 1. The summed E-state index contributed by atoms with van der Waals surface area (Å²) in [5, 5.41) is 3.31. The van der Waals surface area contributed by atoms with Gasteiger partial charge in [-0.25, -0.2) is 13.6 Å². The second kappa shape index (κ2) is 7.74. The molecule has 2 rings (SSSR count). The molecule has 0 aromatic rings. The van der Waals surface area contributed by atoms with Crippen LogP contribution < -0.4 is 5.32 Å². The average Bonchev–Trinajstić information content (AvgIpc) is 2.47. The van der Waals surface area contributed by atoms with Crippen molar-refractivity contribution in [2.24, 2.45) is 5.41 Å². The minimum Gasteiger partial charge on any atom is -0.444 e. The zero-order valence-corrected chi connectivity index (χ0v) is 15.9. The molecule has 1 amide bonds. The van der Waals surface area contributed by atoms with Gasteiger partial charge in [-0.15, -0.1) is 0 Å². The van der Waals surface area contributed by atoms with Crippen molar-refractivity contribution in [1.82, 2.24) is 10.2 Å². The number of alkyl halides is 2. The Bertz CT molecular complexity index is 460. The van der Waals surface area contributed by atoms with Crippen LogP contribution in [0.4, 0.5) is 13.6 Å². The lowest BCUT2D eigenvalue weighted by Crippen LogP contribution is -2.54. The monoisotopic (exact) mass is 362 g/mol. The second-order valence-electron chi connectivity index (χ2n) is 8.61. The molecule has 0 aromatic heterocycles. The topological polar surface area (TPSA) is 50.8 Å². The van der Waals surface area contributed by atoms with Gasteiger partial charge in [0.2, 0.25) is 0 Å². The van der Waals surface area contributed by atoms with E-state index in [4.69, 9.17) is 9.47 Å². The van der Waals surface area contributed by atoms with Gasteiger partial charge in [0.05, 0.1) is 6.54 Å². The lowest BCUT2D eigenvalue weighted by atomic mass is 9.78. The molecule has 2 saturated heterocycles. The Morgan fingerprint density at radius 2 is 1.88 bits per heavy atom. The molecule has 7 heteroatoms. The van der Waals surface area contributed by atoms with E-state index in [1.54, 1.807) is 20.8 Å². The molecule has 2 aliphatic rings. The first-order valence-corrected chi connectivity index (χ1v) is 9.19. The van der Waals surface area contributed by atoms with Gasteiger partial charge in [-0.05, 0) is 58.5 Å². The van der Waals surface area contributed by atoms with Crippen LogP contribution in [0.3, 0.4) is 0 Å². The highest BCUT2D eigenvalue weighted by Gasteiger charge is 2.47. The van der Waals surface area contributed by atoms with Crippen LogP contribution >= 0.6 is 0 Å². The van der Waals surface area contributed by atoms with Gasteiger partial charge >= 0.3 is 6.09 Å². The maximum atomic E-state index is 14.2. The van der Waals surface area contributed by atoms with Crippen LogP contribution in [0.5, 0.6) is 0 Å². The van der Waals surface area contributed by atoms with Crippen molar-refractivity contribution in [3.05, 3.63) is 0 Å². The number of hydrogen-bond acceptors (Lipinski definition) is 4. The molecule has 0 aromatic carbocycles. The van der Waals surface area contributed by atoms with E-state index >= 15 is 0 Å². The molecule has 0 spiro atoms. The molecule has 0 radical (unpaired) electrons. The van der Waals surface area contributed by atoms with Crippen LogP contribution in [0.2, 0.25) is 0 Å². The SMILES string of the molecule is CC1(CCOC2CN(C(=O)OC(C)(C)C)CCC2(F)F)CCNCC1. The molecular formula is C18H32F2N2O3. The molecule has 5 nitrogen and oxygen atoms in total. The third-order valence-electron chi connectivity index (χ3n) is 5.06. The zero-order valence-electron chi connectivity index (χ0n) is 15.9. The lowest BCUT2D eigenvalue weighted by Gasteiger charge is -2.39. The molecule has 2 heterocycles. The summed E-state index contributed by atoms with van der Waals surface area (Å²) in [6.07, 6.45) is 0.607. The first-order valence-electron chi connectivity index (χ1n) is 9.19. The molecule has 2 fully saturated rings. The van der Waals surface area contributed by atoms with E-state index < -0.39 is 30.1 Å². The van der Waals surface area contributed by atoms with Crippen LogP contribution in [-0.4, -0.2) is 61.4 Å². The normalized spacial score (nSPS) is 26.3. The fourth-order valence-corrected chi connectivity index (χ4v) is 3.26. The van der Waals surface area contributed by atoms with Crippen LogP contribution in [0, 0.1) is 5.41 Å². The van der Waals surface area contributed by atoms with E-state index in [0.717, 1.165) is 32.4 Å². The zero-order chi connectivity index (χ0) is 18.7. The maximum absolute atomic E-state index is 14.2. The van der Waals surface area contributed by atoms with E-state index in [0.29, 0.717) is 6.61 Å². The first-order chi connectivity index (χ1) is 11.5. The van der Waals surface area contributed by atoms with Crippen LogP contribution in [0.25, 0.3) is 0 Å². The summed E-state index contributed by atoms with van der Waals surface area (Å²) >= 11 is 0. The Morgan fingerprint density at radius 3 is 2.48 bits per heavy atom. The second-order valence-corrected chi connectivity index (χ2v) is 8.61. The van der Waals surface area contributed by atoms with Crippen LogP contribution in [0.1, 0.15) is 53.4 Å². The van der Waals surface area contributed by atoms with Crippen LogP contribution in [0.15, 0.2) is 0 Å². The van der Waals surface area contributed by atoms with Crippen molar-refractivity contribution in [3.63, 3.8) is 0 Å². The molecule has 0 saturated carbocycles. The van der Waals surface area contributed by atoms with Gasteiger partial charge in [-0.1, -0.05) is 6.92 Å². The van der Waals surface area contributed by atoms with Gasteiger partial charge in [-0.2, -0.15) is 0 Å². The molecule has 146 valence electrons. The average molecular weight is 362 g/mol. The van der Waals surface area contributed by atoms with E-state index in [2.05, 4.69) is 12.2 Å². The van der Waals surface area contributed by atoms with Gasteiger partial charge in [0.25, 0.3) is 5.92 Å². The van der Waals surface area contributed by atoms with E-state index in [1.807, 2.05) is 0 Å². The quantitative estimate of drug-likeness (QED) is 0.832. The summed E-state index contributed by atoms with van der Waals surface area (Å²) in [7, 11) is 0. The molecule has 2 aliphatic heterocycles. The summed E-state index contributed by atoms with van der Waals surface area (Å²) < 4.78 is 39.2. The number of nitrogens with zero attached hydrogens (tertiary/aromatic N) is 1. The Kier molecular flexibility index (Phi) is 6.30. The fourth-order valence-electron chi connectivity index (χ4n) is 3.26. The predicted octanol–water partition coefficient (Wildman–Crippen LogP) is 3.43. The van der Waals surface area contributed by atoms with Gasteiger partial charge in [0, 0.05) is 19.6 Å². The van der Waals surface area contributed by atoms with Crippen molar-refractivity contribution in [1.29, 1.82) is 0 Å². The largest absolute Gasteiger partial charge is 0.444 e. The van der Waals surface area contributed by atoms with Crippen LogP contribution in [-0.2, 0) is 9.47 Å². The number of rotatable bonds is 4. The number of amides is 1. The molecule has 1 atom stereocenters.